The molecule has 1 aromatic carbocycles. The van der Waals surface area contributed by atoms with Crippen molar-refractivity contribution < 1.29 is 14.3 Å². The van der Waals surface area contributed by atoms with Crippen molar-refractivity contribution in [3.05, 3.63) is 24.3 Å². The maximum atomic E-state index is 12.6. The molecule has 2 aliphatic rings. The number of anilines is 1. The van der Waals surface area contributed by atoms with Gasteiger partial charge in [0, 0.05) is 31.1 Å². The first-order valence-corrected chi connectivity index (χ1v) is 9.54. The Kier molecular flexibility index (Phi) is 5.15. The Bertz CT molecular complexity index is 628. The van der Waals surface area contributed by atoms with Gasteiger partial charge in [0.15, 0.2) is 0 Å². The van der Waals surface area contributed by atoms with Crippen molar-refractivity contribution in [3.63, 3.8) is 0 Å². The minimum Gasteiger partial charge on any atom is -0.381 e. The number of nitrogens with zero attached hydrogens (tertiary/aromatic N) is 1. The lowest BCUT2D eigenvalue weighted by molar-refractivity contribution is -0.135. The lowest BCUT2D eigenvalue weighted by atomic mass is 9.93. The predicted molar refractivity (Wildman–Crippen MR) is 95.1 cm³/mol. The molecule has 0 bridgehead atoms. The van der Waals surface area contributed by atoms with Crippen LogP contribution in [0.1, 0.15) is 19.3 Å². The van der Waals surface area contributed by atoms with E-state index in [1.165, 1.54) is 0 Å². The molecule has 0 aromatic heterocycles. The molecule has 130 valence electrons. The largest absolute Gasteiger partial charge is 0.381 e. The molecule has 0 radical (unpaired) electrons. The summed E-state index contributed by atoms with van der Waals surface area (Å²) < 4.78 is 5.40. The number of amides is 2. The number of benzene rings is 1. The Balaban J connectivity index is 1.54. The molecule has 3 rings (SSSR count). The molecule has 1 saturated heterocycles. The number of nitrogens with one attached hydrogen (secondary N) is 1. The summed E-state index contributed by atoms with van der Waals surface area (Å²) >= 11 is 1.59. The van der Waals surface area contributed by atoms with Crippen molar-refractivity contribution in [2.45, 2.75) is 24.2 Å². The molecular weight excluding hydrogens is 324 g/mol. The smallest absolute Gasteiger partial charge is 0.244 e. The summed E-state index contributed by atoms with van der Waals surface area (Å²) in [6.07, 6.45) is 4.84. The average Bonchev–Trinajstić information content (AvgIpc) is 3.28. The molecule has 2 fully saturated rings. The summed E-state index contributed by atoms with van der Waals surface area (Å²) in [7, 11) is 1.72. The lowest BCUT2D eigenvalue weighted by Gasteiger charge is -2.24. The first kappa shape index (κ1) is 17.3. The normalized spacial score (nSPS) is 21.3. The van der Waals surface area contributed by atoms with Gasteiger partial charge in [-0.25, -0.2) is 0 Å². The van der Waals surface area contributed by atoms with Crippen LogP contribution in [0.15, 0.2) is 29.2 Å². The van der Waals surface area contributed by atoms with Gasteiger partial charge in [0.25, 0.3) is 0 Å². The van der Waals surface area contributed by atoms with Crippen molar-refractivity contribution in [1.29, 1.82) is 0 Å². The highest BCUT2D eigenvalue weighted by molar-refractivity contribution is 7.98. The highest BCUT2D eigenvalue weighted by Crippen LogP contribution is 2.59. The Morgan fingerprint density at radius 3 is 2.75 bits per heavy atom. The van der Waals surface area contributed by atoms with Crippen LogP contribution >= 0.6 is 11.8 Å². The fourth-order valence-electron chi connectivity index (χ4n) is 3.52. The van der Waals surface area contributed by atoms with Crippen molar-refractivity contribution in [2.24, 2.45) is 11.3 Å². The van der Waals surface area contributed by atoms with Gasteiger partial charge in [-0.2, -0.15) is 0 Å². The van der Waals surface area contributed by atoms with E-state index in [1.807, 2.05) is 30.5 Å². The van der Waals surface area contributed by atoms with Gasteiger partial charge in [-0.3, -0.25) is 9.59 Å². The Labute approximate surface area is 147 Å². The van der Waals surface area contributed by atoms with Crippen LogP contribution < -0.4 is 5.32 Å². The van der Waals surface area contributed by atoms with Crippen LogP contribution in [0.25, 0.3) is 0 Å². The third kappa shape index (κ3) is 3.59. The van der Waals surface area contributed by atoms with Crippen LogP contribution in [0.5, 0.6) is 0 Å². The summed E-state index contributed by atoms with van der Waals surface area (Å²) in [5.41, 5.74) is 0.939. The van der Waals surface area contributed by atoms with E-state index in [1.54, 1.807) is 23.7 Å². The summed E-state index contributed by atoms with van der Waals surface area (Å²) in [5.74, 6) is -0.00286. The molecule has 24 heavy (non-hydrogen) atoms. The summed E-state index contributed by atoms with van der Waals surface area (Å²) in [6, 6.07) is 7.68. The fourth-order valence-corrected chi connectivity index (χ4v) is 4.08. The number of hydrogen-bond acceptors (Lipinski definition) is 4. The molecule has 1 spiro atoms. The minimum absolute atomic E-state index is 0.0673. The van der Waals surface area contributed by atoms with Crippen LogP contribution in [0.2, 0.25) is 0 Å². The molecule has 1 N–H and O–H groups in total. The van der Waals surface area contributed by atoms with Gasteiger partial charge in [0.2, 0.25) is 11.8 Å². The summed E-state index contributed by atoms with van der Waals surface area (Å²) in [4.78, 5) is 27.4. The van der Waals surface area contributed by atoms with Crippen LogP contribution in [0, 0.1) is 11.3 Å². The van der Waals surface area contributed by atoms with Crippen LogP contribution in [-0.2, 0) is 14.3 Å². The third-order valence-electron chi connectivity index (χ3n) is 5.11. The molecule has 2 amide bonds. The van der Waals surface area contributed by atoms with E-state index in [2.05, 4.69) is 5.32 Å². The molecule has 1 aromatic rings. The standard InChI is InChI=1S/C18H24N2O3S/c1-20(17(22)13-11-18(13)7-9-23-10-8-18)12-16(21)19-14-5-3-4-6-15(14)24-2/h3-6,13H,7-12H2,1-2H3,(H,19,21)/t13-/m1/s1. The zero-order chi connectivity index (χ0) is 17.2. The van der Waals surface area contributed by atoms with Crippen LogP contribution in [0.4, 0.5) is 5.69 Å². The number of para-hydroxylation sites is 1. The highest BCUT2D eigenvalue weighted by atomic mass is 32.2. The van der Waals surface area contributed by atoms with E-state index in [-0.39, 0.29) is 29.7 Å². The summed E-state index contributed by atoms with van der Waals surface area (Å²) in [5, 5.41) is 2.90. The molecule has 1 aliphatic heterocycles. The van der Waals surface area contributed by atoms with E-state index in [0.717, 1.165) is 43.1 Å². The number of carbonyl (C=O) groups is 2. The van der Waals surface area contributed by atoms with E-state index in [0.29, 0.717) is 0 Å². The van der Waals surface area contributed by atoms with Gasteiger partial charge in [-0.15, -0.1) is 11.8 Å². The monoisotopic (exact) mass is 348 g/mol. The molecule has 1 aliphatic carbocycles. The number of thioether (sulfide) groups is 1. The third-order valence-corrected chi connectivity index (χ3v) is 5.91. The first-order valence-electron chi connectivity index (χ1n) is 8.31. The second kappa shape index (κ2) is 7.15. The molecule has 6 heteroatoms. The highest BCUT2D eigenvalue weighted by Gasteiger charge is 2.58. The Morgan fingerprint density at radius 2 is 2.04 bits per heavy atom. The van der Waals surface area contributed by atoms with Gasteiger partial charge in [0.05, 0.1) is 12.2 Å². The lowest BCUT2D eigenvalue weighted by Crippen LogP contribution is -2.37. The number of ether oxygens (including phenoxy) is 1. The van der Waals surface area contributed by atoms with Gasteiger partial charge in [-0.05, 0) is 43.1 Å². The predicted octanol–water partition coefficient (Wildman–Crippen LogP) is 2.62. The Morgan fingerprint density at radius 1 is 1.33 bits per heavy atom. The second-order valence-electron chi connectivity index (χ2n) is 6.67. The van der Waals surface area contributed by atoms with Crippen molar-refractivity contribution in [1.82, 2.24) is 4.90 Å². The molecular formula is C18H24N2O3S. The van der Waals surface area contributed by atoms with E-state index in [4.69, 9.17) is 4.74 Å². The fraction of sp³-hybridized carbons (Fsp3) is 0.556. The Hall–Kier alpha value is -1.53. The topological polar surface area (TPSA) is 58.6 Å². The maximum Gasteiger partial charge on any atom is 0.244 e. The van der Waals surface area contributed by atoms with Crippen molar-refractivity contribution in [3.8, 4) is 0 Å². The van der Waals surface area contributed by atoms with Gasteiger partial charge in [-0.1, -0.05) is 12.1 Å². The first-order chi connectivity index (χ1) is 11.6. The maximum absolute atomic E-state index is 12.6. The quantitative estimate of drug-likeness (QED) is 0.831. The van der Waals surface area contributed by atoms with E-state index in [9.17, 15) is 9.59 Å². The van der Waals surface area contributed by atoms with Crippen LogP contribution in [-0.4, -0.2) is 49.8 Å². The van der Waals surface area contributed by atoms with Crippen molar-refractivity contribution in [2.75, 3.05) is 38.4 Å². The van der Waals surface area contributed by atoms with Gasteiger partial charge < -0.3 is 15.0 Å². The number of rotatable bonds is 5. The number of carbonyl (C=O) groups excluding carboxylic acids is 2. The number of hydrogen-bond donors (Lipinski definition) is 1. The van der Waals surface area contributed by atoms with Gasteiger partial charge >= 0.3 is 0 Å². The molecule has 1 heterocycles. The van der Waals surface area contributed by atoms with Crippen LogP contribution in [0.3, 0.4) is 0 Å². The SMILES string of the molecule is CSc1ccccc1NC(=O)CN(C)C(=O)[C@H]1CC12CCOCC2. The van der Waals surface area contributed by atoms with E-state index >= 15 is 0 Å². The zero-order valence-corrected chi connectivity index (χ0v) is 15.0. The molecule has 5 nitrogen and oxygen atoms in total. The summed E-state index contributed by atoms with van der Waals surface area (Å²) in [6.45, 7) is 1.59. The molecule has 0 unspecified atom stereocenters. The molecule has 1 atom stereocenters. The minimum atomic E-state index is -0.158. The van der Waals surface area contributed by atoms with Crippen molar-refractivity contribution >= 4 is 29.3 Å². The number of likely N-dealkylation sites (N-methyl/N-ethyl adjacent to an activating group) is 1. The second-order valence-corrected chi connectivity index (χ2v) is 7.52. The van der Waals surface area contributed by atoms with E-state index < -0.39 is 0 Å². The zero-order valence-electron chi connectivity index (χ0n) is 14.2. The average molecular weight is 348 g/mol. The molecule has 1 saturated carbocycles. The van der Waals surface area contributed by atoms with Gasteiger partial charge in [0.1, 0.15) is 0 Å².